The number of rotatable bonds is 5. The number of nitrogens with one attached hydrogen (secondary N) is 1. The molecule has 0 saturated carbocycles. The van der Waals surface area contributed by atoms with Gasteiger partial charge in [-0.3, -0.25) is 4.98 Å². The number of nitrogens with zero attached hydrogens (tertiary/aromatic N) is 4. The van der Waals surface area contributed by atoms with Crippen molar-refractivity contribution < 1.29 is 0 Å². The molecule has 5 nitrogen and oxygen atoms in total. The van der Waals surface area contributed by atoms with E-state index in [-0.39, 0.29) is 12.4 Å². The topological polar surface area (TPSA) is 44.3 Å². The maximum absolute atomic E-state index is 4.61. The fourth-order valence-electron chi connectivity index (χ4n) is 2.71. The Morgan fingerprint density at radius 2 is 1.74 bits per heavy atom. The van der Waals surface area contributed by atoms with Gasteiger partial charge in [-0.25, -0.2) is 4.98 Å². The Labute approximate surface area is 144 Å². The number of likely N-dealkylation sites (N-methyl/N-ethyl adjacent to an activating group) is 1. The Balaban J connectivity index is 0.00000192. The zero-order valence-corrected chi connectivity index (χ0v) is 14.3. The highest BCUT2D eigenvalue weighted by atomic mass is 35.5. The first-order valence-electron chi connectivity index (χ1n) is 7.80. The minimum Gasteiger partial charge on any atom is -0.354 e. The molecule has 124 valence electrons. The van der Waals surface area contributed by atoms with E-state index < -0.39 is 0 Å². The number of halogens is 1. The summed E-state index contributed by atoms with van der Waals surface area (Å²) in [6.45, 7) is 5.97. The van der Waals surface area contributed by atoms with Gasteiger partial charge < -0.3 is 15.1 Å². The molecular formula is C17H24ClN5. The summed E-state index contributed by atoms with van der Waals surface area (Å²) in [6.07, 6.45) is 5.55. The Hall–Kier alpha value is -1.69. The van der Waals surface area contributed by atoms with E-state index in [2.05, 4.69) is 38.2 Å². The smallest absolute Gasteiger partial charge is 0.133 e. The molecular weight excluding hydrogens is 310 g/mol. The van der Waals surface area contributed by atoms with Crippen LogP contribution in [0.1, 0.15) is 11.1 Å². The average Bonchev–Trinajstić information content (AvgIpc) is 2.57. The lowest BCUT2D eigenvalue weighted by atomic mass is 10.2. The van der Waals surface area contributed by atoms with Crippen molar-refractivity contribution in [1.29, 1.82) is 0 Å². The van der Waals surface area contributed by atoms with Gasteiger partial charge in [-0.1, -0.05) is 6.07 Å². The lowest BCUT2D eigenvalue weighted by Crippen LogP contribution is -2.45. The van der Waals surface area contributed by atoms with Crippen LogP contribution in [0.25, 0.3) is 0 Å². The summed E-state index contributed by atoms with van der Waals surface area (Å²) in [6, 6.07) is 8.26. The van der Waals surface area contributed by atoms with Gasteiger partial charge in [-0.15, -0.1) is 12.4 Å². The standard InChI is InChI=1S/C17H23N5.ClH/c1-21-9-11-22(12-10-21)17-16(3-2-6-20-17)14-19-13-15-4-7-18-8-5-15;/h2-8,19H,9-14H2,1H3;1H. The van der Waals surface area contributed by atoms with Gasteiger partial charge in [0.2, 0.25) is 0 Å². The van der Waals surface area contributed by atoms with Gasteiger partial charge in [0.15, 0.2) is 0 Å². The van der Waals surface area contributed by atoms with Crippen molar-refractivity contribution in [3.8, 4) is 0 Å². The average molecular weight is 334 g/mol. The second kappa shape index (κ2) is 8.82. The van der Waals surface area contributed by atoms with Crippen molar-refractivity contribution in [1.82, 2.24) is 20.2 Å². The normalized spacial score (nSPS) is 15.3. The van der Waals surface area contributed by atoms with Crippen LogP contribution in [0.5, 0.6) is 0 Å². The summed E-state index contributed by atoms with van der Waals surface area (Å²) in [5.74, 6) is 1.12. The highest BCUT2D eigenvalue weighted by Crippen LogP contribution is 2.18. The molecule has 0 atom stereocenters. The number of hydrogen-bond donors (Lipinski definition) is 1. The fourth-order valence-corrected chi connectivity index (χ4v) is 2.71. The summed E-state index contributed by atoms with van der Waals surface area (Å²) in [5.41, 5.74) is 2.51. The second-order valence-corrected chi connectivity index (χ2v) is 5.74. The third-order valence-electron chi connectivity index (χ3n) is 4.06. The lowest BCUT2D eigenvalue weighted by Gasteiger charge is -2.34. The number of aromatic nitrogens is 2. The third kappa shape index (κ3) is 4.89. The largest absolute Gasteiger partial charge is 0.354 e. The Bertz CT molecular complexity index is 585. The van der Waals surface area contributed by atoms with Gasteiger partial charge in [0.1, 0.15) is 5.82 Å². The van der Waals surface area contributed by atoms with Crippen molar-refractivity contribution in [3.05, 3.63) is 54.0 Å². The molecule has 1 fully saturated rings. The van der Waals surface area contributed by atoms with E-state index in [1.807, 2.05) is 36.8 Å². The molecule has 1 saturated heterocycles. The minimum atomic E-state index is 0. The first kappa shape index (κ1) is 17.7. The van der Waals surface area contributed by atoms with Crippen molar-refractivity contribution in [3.63, 3.8) is 0 Å². The zero-order chi connectivity index (χ0) is 15.2. The quantitative estimate of drug-likeness (QED) is 0.906. The summed E-state index contributed by atoms with van der Waals surface area (Å²) >= 11 is 0. The number of anilines is 1. The SMILES string of the molecule is CN1CCN(c2ncccc2CNCc2ccncc2)CC1.Cl. The van der Waals surface area contributed by atoms with Crippen LogP contribution in [0.3, 0.4) is 0 Å². The molecule has 2 aromatic rings. The van der Waals surface area contributed by atoms with Crippen molar-refractivity contribution >= 4 is 18.2 Å². The number of pyridine rings is 2. The van der Waals surface area contributed by atoms with Gasteiger partial charge in [0.05, 0.1) is 0 Å². The van der Waals surface area contributed by atoms with E-state index in [1.54, 1.807) is 0 Å². The van der Waals surface area contributed by atoms with Gasteiger partial charge in [0.25, 0.3) is 0 Å². The van der Waals surface area contributed by atoms with Gasteiger partial charge in [0, 0.05) is 63.4 Å². The summed E-state index contributed by atoms with van der Waals surface area (Å²) < 4.78 is 0. The third-order valence-corrected chi connectivity index (χ3v) is 4.06. The van der Waals surface area contributed by atoms with E-state index in [0.29, 0.717) is 0 Å². The van der Waals surface area contributed by atoms with Crippen LogP contribution in [0, 0.1) is 0 Å². The van der Waals surface area contributed by atoms with Crippen molar-refractivity contribution in [2.24, 2.45) is 0 Å². The molecule has 0 radical (unpaired) electrons. The van der Waals surface area contributed by atoms with Crippen LogP contribution < -0.4 is 10.2 Å². The second-order valence-electron chi connectivity index (χ2n) is 5.74. The molecule has 0 amide bonds. The molecule has 3 rings (SSSR count). The molecule has 6 heteroatoms. The molecule has 1 aliphatic heterocycles. The number of piperazine rings is 1. The molecule has 23 heavy (non-hydrogen) atoms. The molecule has 0 aromatic carbocycles. The Kier molecular flexibility index (Phi) is 6.77. The monoisotopic (exact) mass is 333 g/mol. The maximum Gasteiger partial charge on any atom is 0.133 e. The zero-order valence-electron chi connectivity index (χ0n) is 13.5. The lowest BCUT2D eigenvalue weighted by molar-refractivity contribution is 0.311. The van der Waals surface area contributed by atoms with Gasteiger partial charge in [-0.2, -0.15) is 0 Å². The molecule has 1 aliphatic rings. The van der Waals surface area contributed by atoms with Crippen molar-refractivity contribution in [2.75, 3.05) is 38.1 Å². The molecule has 0 unspecified atom stereocenters. The summed E-state index contributed by atoms with van der Waals surface area (Å²) in [4.78, 5) is 13.4. The Morgan fingerprint density at radius 1 is 1.00 bits per heavy atom. The Morgan fingerprint density at radius 3 is 2.48 bits per heavy atom. The molecule has 1 N–H and O–H groups in total. The van der Waals surface area contributed by atoms with Crippen LogP contribution in [-0.4, -0.2) is 48.1 Å². The fraction of sp³-hybridized carbons (Fsp3) is 0.412. The molecule has 0 spiro atoms. The van der Waals surface area contributed by atoms with Crippen molar-refractivity contribution in [2.45, 2.75) is 13.1 Å². The van der Waals surface area contributed by atoms with Crippen LogP contribution in [0.4, 0.5) is 5.82 Å². The molecule has 2 aromatic heterocycles. The van der Waals surface area contributed by atoms with Crippen LogP contribution in [0.15, 0.2) is 42.9 Å². The first-order chi connectivity index (χ1) is 10.8. The van der Waals surface area contributed by atoms with Crippen LogP contribution in [0.2, 0.25) is 0 Å². The predicted molar refractivity (Wildman–Crippen MR) is 96.0 cm³/mol. The first-order valence-corrected chi connectivity index (χ1v) is 7.80. The van der Waals surface area contributed by atoms with E-state index in [4.69, 9.17) is 0 Å². The minimum absolute atomic E-state index is 0. The molecule has 0 aliphatic carbocycles. The van der Waals surface area contributed by atoms with E-state index in [0.717, 1.165) is 45.1 Å². The predicted octanol–water partition coefficient (Wildman–Crippen LogP) is 1.94. The van der Waals surface area contributed by atoms with Crippen LogP contribution in [-0.2, 0) is 13.1 Å². The molecule has 3 heterocycles. The molecule has 0 bridgehead atoms. The van der Waals surface area contributed by atoms with Crippen LogP contribution >= 0.6 is 12.4 Å². The maximum atomic E-state index is 4.61. The van der Waals surface area contributed by atoms with E-state index >= 15 is 0 Å². The van der Waals surface area contributed by atoms with Gasteiger partial charge in [-0.05, 0) is 30.8 Å². The summed E-state index contributed by atoms with van der Waals surface area (Å²) in [7, 11) is 2.17. The van der Waals surface area contributed by atoms with E-state index in [1.165, 1.54) is 11.1 Å². The van der Waals surface area contributed by atoms with Gasteiger partial charge >= 0.3 is 0 Å². The highest BCUT2D eigenvalue weighted by molar-refractivity contribution is 5.85. The number of hydrogen-bond acceptors (Lipinski definition) is 5. The highest BCUT2D eigenvalue weighted by Gasteiger charge is 2.17. The van der Waals surface area contributed by atoms with E-state index in [9.17, 15) is 0 Å². The summed E-state index contributed by atoms with van der Waals surface area (Å²) in [5, 5.41) is 3.50.